The van der Waals surface area contributed by atoms with E-state index in [1.54, 1.807) is 23.8 Å². The van der Waals surface area contributed by atoms with Gasteiger partial charge in [0.25, 0.3) is 0 Å². The Morgan fingerprint density at radius 3 is 3.23 bits per heavy atom. The van der Waals surface area contributed by atoms with E-state index in [-0.39, 0.29) is 6.10 Å². The molecule has 0 spiro atoms. The van der Waals surface area contributed by atoms with E-state index in [0.717, 1.165) is 11.2 Å². The predicted octanol–water partition coefficient (Wildman–Crippen LogP) is 0.653. The highest BCUT2D eigenvalue weighted by Crippen LogP contribution is 2.04. The lowest BCUT2D eigenvalue weighted by atomic mass is 10.2. The fourth-order valence-corrected chi connectivity index (χ4v) is 1.29. The highest BCUT2D eigenvalue weighted by molar-refractivity contribution is 5.35. The summed E-state index contributed by atoms with van der Waals surface area (Å²) in [5.41, 5.74) is 1.82. The number of rotatable bonds is 2. The first kappa shape index (κ1) is 8.19. The molecule has 0 saturated heterocycles. The number of nitrogens with zero attached hydrogens (tertiary/aromatic N) is 3. The van der Waals surface area contributed by atoms with Crippen LogP contribution in [-0.2, 0) is 6.42 Å². The Labute approximate surface area is 75.8 Å². The maximum Gasteiger partial charge on any atom is 0.154 e. The van der Waals surface area contributed by atoms with Gasteiger partial charge in [-0.1, -0.05) is 0 Å². The first-order valence-corrected chi connectivity index (χ1v) is 4.22. The molecule has 0 aliphatic carbocycles. The summed E-state index contributed by atoms with van der Waals surface area (Å²) >= 11 is 0. The van der Waals surface area contributed by atoms with Crippen LogP contribution in [0.1, 0.15) is 12.5 Å². The molecular weight excluding hydrogens is 166 g/mol. The highest BCUT2D eigenvalue weighted by atomic mass is 16.3. The second kappa shape index (κ2) is 3.14. The van der Waals surface area contributed by atoms with Gasteiger partial charge in [-0.2, -0.15) is 5.10 Å². The number of hydrogen-bond acceptors (Lipinski definition) is 3. The minimum absolute atomic E-state index is 0.338. The zero-order valence-corrected chi connectivity index (χ0v) is 7.38. The molecule has 1 N–H and O–H groups in total. The second-order valence-electron chi connectivity index (χ2n) is 3.15. The Balaban J connectivity index is 2.37. The lowest BCUT2D eigenvalue weighted by Crippen LogP contribution is -2.05. The van der Waals surface area contributed by atoms with E-state index in [2.05, 4.69) is 10.1 Å². The van der Waals surface area contributed by atoms with Gasteiger partial charge in [-0.3, -0.25) is 0 Å². The molecule has 0 aromatic carbocycles. The van der Waals surface area contributed by atoms with E-state index in [4.69, 9.17) is 0 Å². The first-order valence-electron chi connectivity index (χ1n) is 4.22. The maximum atomic E-state index is 9.17. The minimum Gasteiger partial charge on any atom is -0.393 e. The van der Waals surface area contributed by atoms with Gasteiger partial charge in [0, 0.05) is 24.9 Å². The summed E-state index contributed by atoms with van der Waals surface area (Å²) in [6.45, 7) is 1.76. The van der Waals surface area contributed by atoms with Gasteiger partial charge in [0.05, 0.1) is 12.3 Å². The van der Waals surface area contributed by atoms with E-state index < -0.39 is 0 Å². The zero-order chi connectivity index (χ0) is 9.26. The average molecular weight is 177 g/mol. The normalized spacial score (nSPS) is 13.4. The molecule has 0 amide bonds. The fraction of sp³-hybridized carbons (Fsp3) is 0.333. The van der Waals surface area contributed by atoms with Crippen molar-refractivity contribution >= 4 is 5.65 Å². The van der Waals surface area contributed by atoms with Crippen LogP contribution in [0, 0.1) is 0 Å². The van der Waals surface area contributed by atoms with Crippen molar-refractivity contribution in [3.63, 3.8) is 0 Å². The molecule has 0 radical (unpaired) electrons. The third kappa shape index (κ3) is 1.67. The maximum absolute atomic E-state index is 9.17. The Morgan fingerprint density at radius 1 is 1.62 bits per heavy atom. The van der Waals surface area contributed by atoms with Gasteiger partial charge in [0.1, 0.15) is 0 Å². The monoisotopic (exact) mass is 177 g/mol. The van der Waals surface area contributed by atoms with Crippen LogP contribution in [0.5, 0.6) is 0 Å². The second-order valence-corrected chi connectivity index (χ2v) is 3.15. The average Bonchev–Trinajstić information content (AvgIpc) is 2.49. The summed E-state index contributed by atoms with van der Waals surface area (Å²) < 4.78 is 1.71. The first-order chi connectivity index (χ1) is 6.25. The van der Waals surface area contributed by atoms with Gasteiger partial charge in [-0.15, -0.1) is 0 Å². The third-order valence-electron chi connectivity index (χ3n) is 1.83. The van der Waals surface area contributed by atoms with E-state index in [1.807, 2.05) is 12.3 Å². The van der Waals surface area contributed by atoms with Crippen molar-refractivity contribution in [2.75, 3.05) is 0 Å². The number of aliphatic hydroxyl groups is 1. The van der Waals surface area contributed by atoms with Crippen LogP contribution in [0.4, 0.5) is 0 Å². The van der Waals surface area contributed by atoms with E-state index in [9.17, 15) is 5.11 Å². The predicted molar refractivity (Wildman–Crippen MR) is 48.4 cm³/mol. The van der Waals surface area contributed by atoms with Gasteiger partial charge >= 0.3 is 0 Å². The molecule has 1 atom stereocenters. The van der Waals surface area contributed by atoms with Crippen molar-refractivity contribution in [3.8, 4) is 0 Å². The quantitative estimate of drug-likeness (QED) is 0.732. The van der Waals surface area contributed by atoms with E-state index in [1.165, 1.54) is 0 Å². The van der Waals surface area contributed by atoms with Crippen LogP contribution in [0.3, 0.4) is 0 Å². The number of aliphatic hydroxyl groups excluding tert-OH is 1. The van der Waals surface area contributed by atoms with Crippen molar-refractivity contribution in [2.24, 2.45) is 0 Å². The van der Waals surface area contributed by atoms with Crippen molar-refractivity contribution < 1.29 is 5.11 Å². The molecule has 4 heteroatoms. The fourth-order valence-electron chi connectivity index (χ4n) is 1.29. The molecule has 0 saturated carbocycles. The Hall–Kier alpha value is -1.42. The Kier molecular flexibility index (Phi) is 1.98. The van der Waals surface area contributed by atoms with Crippen molar-refractivity contribution in [1.29, 1.82) is 0 Å². The highest BCUT2D eigenvalue weighted by Gasteiger charge is 2.01. The molecule has 13 heavy (non-hydrogen) atoms. The van der Waals surface area contributed by atoms with Crippen molar-refractivity contribution in [3.05, 3.63) is 30.2 Å². The number of fused-ring (bicyclic) bond motifs is 1. The molecular formula is C9H11N3O. The summed E-state index contributed by atoms with van der Waals surface area (Å²) in [5.74, 6) is 0. The van der Waals surface area contributed by atoms with Gasteiger partial charge < -0.3 is 5.11 Å². The molecule has 68 valence electrons. The smallest absolute Gasteiger partial charge is 0.154 e. The van der Waals surface area contributed by atoms with Crippen molar-refractivity contribution in [1.82, 2.24) is 14.6 Å². The van der Waals surface area contributed by atoms with Crippen LogP contribution in [-0.4, -0.2) is 25.8 Å². The minimum atomic E-state index is -0.338. The van der Waals surface area contributed by atoms with Crippen LogP contribution in [0.15, 0.2) is 24.7 Å². The number of hydrogen-bond donors (Lipinski definition) is 1. The van der Waals surface area contributed by atoms with Crippen molar-refractivity contribution in [2.45, 2.75) is 19.4 Å². The van der Waals surface area contributed by atoms with Gasteiger partial charge in [-0.25, -0.2) is 9.50 Å². The van der Waals surface area contributed by atoms with Crippen LogP contribution in [0.25, 0.3) is 5.65 Å². The molecule has 0 unspecified atom stereocenters. The van der Waals surface area contributed by atoms with Crippen LogP contribution in [0.2, 0.25) is 0 Å². The lowest BCUT2D eigenvalue weighted by Gasteiger charge is -2.03. The largest absolute Gasteiger partial charge is 0.393 e. The number of aromatic nitrogens is 3. The molecule has 2 aromatic rings. The molecule has 0 bridgehead atoms. The summed E-state index contributed by atoms with van der Waals surface area (Å²) in [6, 6.07) is 1.84. The Bertz CT molecular complexity index is 408. The molecule has 4 nitrogen and oxygen atoms in total. The van der Waals surface area contributed by atoms with Crippen LogP contribution >= 0.6 is 0 Å². The summed E-state index contributed by atoms with van der Waals surface area (Å²) in [5, 5.41) is 13.2. The van der Waals surface area contributed by atoms with Gasteiger partial charge in [0.2, 0.25) is 0 Å². The standard InChI is InChI=1S/C9H11N3O/c1-7(13)4-8-5-10-9-2-3-11-12(9)6-8/h2-3,5-7,13H,4H2,1H3/t7-/m0/s1. The molecule has 2 heterocycles. The van der Waals surface area contributed by atoms with E-state index >= 15 is 0 Å². The summed E-state index contributed by atoms with van der Waals surface area (Å²) in [6.07, 6.45) is 5.63. The van der Waals surface area contributed by atoms with E-state index in [0.29, 0.717) is 6.42 Å². The zero-order valence-electron chi connectivity index (χ0n) is 7.38. The summed E-state index contributed by atoms with van der Waals surface area (Å²) in [4.78, 5) is 4.18. The SMILES string of the molecule is C[C@H](O)Cc1cnc2ccnn2c1. The molecule has 0 aliphatic rings. The van der Waals surface area contributed by atoms with Gasteiger partial charge in [-0.05, 0) is 12.5 Å². The Morgan fingerprint density at radius 2 is 2.46 bits per heavy atom. The lowest BCUT2D eigenvalue weighted by molar-refractivity contribution is 0.195. The molecule has 0 fully saturated rings. The molecule has 0 aliphatic heterocycles. The summed E-state index contributed by atoms with van der Waals surface area (Å²) in [7, 11) is 0. The van der Waals surface area contributed by atoms with Gasteiger partial charge in [0.15, 0.2) is 5.65 Å². The molecule has 2 rings (SSSR count). The topological polar surface area (TPSA) is 50.4 Å². The van der Waals surface area contributed by atoms with Crippen LogP contribution < -0.4 is 0 Å². The molecule has 2 aromatic heterocycles. The third-order valence-corrected chi connectivity index (χ3v) is 1.83.